The van der Waals surface area contributed by atoms with Crippen molar-refractivity contribution in [3.63, 3.8) is 0 Å². The number of hydrogen-bond donors (Lipinski definition) is 1. The zero-order valence-corrected chi connectivity index (χ0v) is 11.0. The Bertz CT molecular complexity index is 452. The third-order valence-corrected chi connectivity index (χ3v) is 4.59. The molecule has 0 aromatic heterocycles. The molecule has 2 fully saturated rings. The molecule has 19 heavy (non-hydrogen) atoms. The molecule has 1 saturated carbocycles. The van der Waals surface area contributed by atoms with Gasteiger partial charge in [0, 0.05) is 19.1 Å². The van der Waals surface area contributed by atoms with Crippen molar-refractivity contribution in [1.29, 1.82) is 0 Å². The third-order valence-electron chi connectivity index (χ3n) is 4.59. The first-order valence-corrected chi connectivity index (χ1v) is 7.15. The van der Waals surface area contributed by atoms with Crippen molar-refractivity contribution < 1.29 is 8.78 Å². The quantitative estimate of drug-likeness (QED) is 0.890. The van der Waals surface area contributed by atoms with Crippen molar-refractivity contribution >= 4 is 5.69 Å². The van der Waals surface area contributed by atoms with Gasteiger partial charge in [0.1, 0.15) is 17.3 Å². The summed E-state index contributed by atoms with van der Waals surface area (Å²) < 4.78 is 28.4. The third kappa shape index (κ3) is 2.22. The number of halogens is 2. The molecule has 1 heterocycles. The van der Waals surface area contributed by atoms with Gasteiger partial charge in [-0.1, -0.05) is 6.42 Å². The van der Waals surface area contributed by atoms with Gasteiger partial charge in [-0.25, -0.2) is 8.78 Å². The smallest absolute Gasteiger partial charge is 0.149 e. The summed E-state index contributed by atoms with van der Waals surface area (Å²) in [6.45, 7) is 0.928. The van der Waals surface area contributed by atoms with Crippen molar-refractivity contribution in [3.8, 4) is 0 Å². The molecule has 1 aliphatic carbocycles. The van der Waals surface area contributed by atoms with Crippen LogP contribution in [-0.4, -0.2) is 12.6 Å². The van der Waals surface area contributed by atoms with E-state index in [1.807, 2.05) is 4.90 Å². The van der Waals surface area contributed by atoms with Gasteiger partial charge >= 0.3 is 0 Å². The Morgan fingerprint density at radius 3 is 2.47 bits per heavy atom. The first-order chi connectivity index (χ1) is 9.20. The molecule has 1 aromatic rings. The lowest BCUT2D eigenvalue weighted by Gasteiger charge is -2.39. The number of benzene rings is 1. The first-order valence-electron chi connectivity index (χ1n) is 7.15. The number of fused-ring (bicyclic) bond motifs is 1. The van der Waals surface area contributed by atoms with E-state index in [0.29, 0.717) is 17.5 Å². The number of rotatable bonds is 2. The van der Waals surface area contributed by atoms with E-state index in [1.165, 1.54) is 31.4 Å². The van der Waals surface area contributed by atoms with Gasteiger partial charge in [0.15, 0.2) is 0 Å². The van der Waals surface area contributed by atoms with Crippen LogP contribution in [0.4, 0.5) is 14.5 Å². The van der Waals surface area contributed by atoms with E-state index >= 15 is 0 Å². The molecule has 1 aliphatic heterocycles. The Kier molecular flexibility index (Phi) is 3.44. The van der Waals surface area contributed by atoms with Gasteiger partial charge in [0.2, 0.25) is 0 Å². The van der Waals surface area contributed by atoms with Gasteiger partial charge in [-0.05, 0) is 49.3 Å². The minimum atomic E-state index is -0.465. The Balaban J connectivity index is 1.97. The van der Waals surface area contributed by atoms with Crippen molar-refractivity contribution in [2.24, 2.45) is 11.7 Å². The number of piperidine rings is 1. The summed E-state index contributed by atoms with van der Waals surface area (Å²) in [6, 6.07) is 3.06. The summed E-state index contributed by atoms with van der Waals surface area (Å²) in [7, 11) is 0. The molecule has 0 radical (unpaired) electrons. The van der Waals surface area contributed by atoms with Crippen LogP contribution in [0.15, 0.2) is 12.1 Å². The van der Waals surface area contributed by atoms with Gasteiger partial charge in [-0.3, -0.25) is 0 Å². The zero-order valence-electron chi connectivity index (χ0n) is 11.0. The number of nitrogens with zero attached hydrogens (tertiary/aromatic N) is 1. The second kappa shape index (κ2) is 5.08. The van der Waals surface area contributed by atoms with E-state index in [2.05, 4.69) is 0 Å². The molecule has 104 valence electrons. The van der Waals surface area contributed by atoms with Gasteiger partial charge in [-0.2, -0.15) is 0 Å². The predicted octanol–water partition coefficient (Wildman–Crippen LogP) is 3.19. The fourth-order valence-electron chi connectivity index (χ4n) is 3.74. The number of hydrogen-bond acceptors (Lipinski definition) is 2. The van der Waals surface area contributed by atoms with E-state index < -0.39 is 11.6 Å². The van der Waals surface area contributed by atoms with Crippen molar-refractivity contribution in [1.82, 2.24) is 0 Å². The highest BCUT2D eigenvalue weighted by Gasteiger charge is 2.37. The Morgan fingerprint density at radius 2 is 1.79 bits per heavy atom. The Labute approximate surface area is 112 Å². The van der Waals surface area contributed by atoms with Crippen LogP contribution in [0.5, 0.6) is 0 Å². The van der Waals surface area contributed by atoms with Crippen LogP contribution in [0.3, 0.4) is 0 Å². The lowest BCUT2D eigenvalue weighted by molar-refractivity contribution is 0.356. The summed E-state index contributed by atoms with van der Waals surface area (Å²) in [5.41, 5.74) is 6.13. The average Bonchev–Trinajstić information content (AvgIpc) is 2.86. The highest BCUT2D eigenvalue weighted by Crippen LogP contribution is 2.40. The number of nitrogens with two attached hydrogens (primary N) is 1. The summed E-state index contributed by atoms with van der Waals surface area (Å²) >= 11 is 0. The van der Waals surface area contributed by atoms with E-state index in [0.717, 1.165) is 19.4 Å². The second-order valence-corrected chi connectivity index (χ2v) is 5.71. The molecule has 0 bridgehead atoms. The highest BCUT2D eigenvalue weighted by molar-refractivity contribution is 5.52. The molecule has 2 unspecified atom stereocenters. The van der Waals surface area contributed by atoms with Crippen LogP contribution in [0.25, 0.3) is 0 Å². The maximum atomic E-state index is 14.2. The molecule has 1 saturated heterocycles. The molecule has 2 atom stereocenters. The van der Waals surface area contributed by atoms with E-state index in [-0.39, 0.29) is 12.2 Å². The monoisotopic (exact) mass is 266 g/mol. The van der Waals surface area contributed by atoms with Crippen LogP contribution in [0.2, 0.25) is 0 Å². The van der Waals surface area contributed by atoms with E-state index in [9.17, 15) is 8.78 Å². The summed E-state index contributed by atoms with van der Waals surface area (Å²) in [4.78, 5) is 1.96. The largest absolute Gasteiger partial charge is 0.364 e. The lowest BCUT2D eigenvalue weighted by atomic mass is 9.91. The minimum Gasteiger partial charge on any atom is -0.364 e. The van der Waals surface area contributed by atoms with Crippen molar-refractivity contribution in [2.45, 2.75) is 44.7 Å². The topological polar surface area (TPSA) is 29.3 Å². The molecular formula is C15H20F2N2. The molecule has 4 heteroatoms. The fourth-order valence-corrected chi connectivity index (χ4v) is 3.74. The van der Waals surface area contributed by atoms with Gasteiger partial charge in [-0.15, -0.1) is 0 Å². The molecule has 0 amide bonds. The maximum absolute atomic E-state index is 14.2. The summed E-state index contributed by atoms with van der Waals surface area (Å²) in [5.74, 6) is -0.317. The molecule has 2 aliphatic rings. The van der Waals surface area contributed by atoms with Gasteiger partial charge in [0.25, 0.3) is 0 Å². The molecule has 3 rings (SSSR count). The van der Waals surface area contributed by atoms with Crippen molar-refractivity contribution in [3.05, 3.63) is 29.3 Å². The lowest BCUT2D eigenvalue weighted by Crippen LogP contribution is -2.43. The molecule has 1 aromatic carbocycles. The van der Waals surface area contributed by atoms with Crippen LogP contribution in [0.1, 0.15) is 37.7 Å². The molecular weight excluding hydrogens is 246 g/mol. The summed E-state index contributed by atoms with van der Waals surface area (Å²) in [6.07, 6.45) is 5.66. The Morgan fingerprint density at radius 1 is 1.11 bits per heavy atom. The maximum Gasteiger partial charge on any atom is 0.149 e. The standard InChI is InChI=1S/C15H20F2N2/c16-12-7-10(9-18)8-13(17)15(12)19-6-2-4-11-3-1-5-14(11)19/h7-8,11,14H,1-6,9,18H2. The first kappa shape index (κ1) is 12.9. The van der Waals surface area contributed by atoms with E-state index in [4.69, 9.17) is 5.73 Å². The van der Waals surface area contributed by atoms with Crippen molar-refractivity contribution in [2.75, 3.05) is 11.4 Å². The van der Waals surface area contributed by atoms with Crippen LogP contribution in [-0.2, 0) is 6.54 Å². The molecule has 2 N–H and O–H groups in total. The minimum absolute atomic E-state index is 0.161. The zero-order chi connectivity index (χ0) is 13.4. The SMILES string of the molecule is NCc1cc(F)c(N2CCCC3CCCC32)c(F)c1. The Hall–Kier alpha value is -1.16. The normalized spacial score (nSPS) is 26.6. The van der Waals surface area contributed by atoms with Gasteiger partial charge < -0.3 is 10.6 Å². The molecule has 0 spiro atoms. The second-order valence-electron chi connectivity index (χ2n) is 5.71. The van der Waals surface area contributed by atoms with Gasteiger partial charge in [0.05, 0.1) is 0 Å². The van der Waals surface area contributed by atoms with E-state index in [1.54, 1.807) is 0 Å². The molecule has 2 nitrogen and oxygen atoms in total. The number of anilines is 1. The predicted molar refractivity (Wildman–Crippen MR) is 72.0 cm³/mol. The van der Waals surface area contributed by atoms with Crippen LogP contribution in [0, 0.1) is 17.6 Å². The summed E-state index contributed by atoms with van der Waals surface area (Å²) in [5, 5.41) is 0. The fraction of sp³-hybridized carbons (Fsp3) is 0.600. The highest BCUT2D eigenvalue weighted by atomic mass is 19.1. The van der Waals surface area contributed by atoms with Crippen LogP contribution < -0.4 is 10.6 Å². The van der Waals surface area contributed by atoms with Crippen LogP contribution >= 0.6 is 0 Å². The average molecular weight is 266 g/mol.